The number of hydrogen-bond acceptors (Lipinski definition) is 5. The molecule has 0 unspecified atom stereocenters. The van der Waals surface area contributed by atoms with Crippen molar-refractivity contribution in [3.05, 3.63) is 33.1 Å². The van der Waals surface area contributed by atoms with Crippen molar-refractivity contribution in [3.8, 4) is 0 Å². The molecule has 0 radical (unpaired) electrons. The number of carboxylic acids is 1. The van der Waals surface area contributed by atoms with E-state index in [-0.39, 0.29) is 23.1 Å². The Bertz CT molecular complexity index is 674. The zero-order chi connectivity index (χ0) is 15.9. The number of nitrogens with zero attached hydrogens (tertiary/aromatic N) is 1. The number of carbonyl (C=O) groups is 3. The van der Waals surface area contributed by atoms with Crippen molar-refractivity contribution in [2.75, 3.05) is 5.75 Å². The molecule has 22 heavy (non-hydrogen) atoms. The van der Waals surface area contributed by atoms with Crippen molar-refractivity contribution >= 4 is 52.5 Å². The zero-order valence-corrected chi connectivity index (χ0v) is 13.5. The highest BCUT2D eigenvalue weighted by atomic mass is 35.5. The van der Waals surface area contributed by atoms with Gasteiger partial charge < -0.3 is 10.4 Å². The van der Waals surface area contributed by atoms with E-state index in [4.69, 9.17) is 16.7 Å². The maximum absolute atomic E-state index is 12.1. The third-order valence-electron chi connectivity index (χ3n) is 3.36. The molecule has 2 N–H and O–H groups in total. The van der Waals surface area contributed by atoms with Crippen LogP contribution in [-0.2, 0) is 20.8 Å². The molecule has 3 heterocycles. The predicted octanol–water partition coefficient (Wildman–Crippen LogP) is 1.23. The van der Waals surface area contributed by atoms with Gasteiger partial charge in [-0.1, -0.05) is 17.7 Å². The van der Waals surface area contributed by atoms with Crippen LogP contribution in [0.4, 0.5) is 0 Å². The Kier molecular flexibility index (Phi) is 4.16. The maximum Gasteiger partial charge on any atom is 0.353 e. The van der Waals surface area contributed by atoms with E-state index in [1.54, 1.807) is 0 Å². The number of halogens is 1. The van der Waals surface area contributed by atoms with Crippen LogP contribution >= 0.6 is 34.7 Å². The highest BCUT2D eigenvalue weighted by Crippen LogP contribution is 2.41. The quantitative estimate of drug-likeness (QED) is 0.790. The first kappa shape index (κ1) is 15.4. The molecule has 0 bridgehead atoms. The second kappa shape index (κ2) is 5.94. The van der Waals surface area contributed by atoms with Gasteiger partial charge in [-0.2, -0.15) is 0 Å². The van der Waals surface area contributed by atoms with Crippen LogP contribution in [-0.4, -0.2) is 45.0 Å². The first-order chi connectivity index (χ1) is 10.5. The molecule has 1 aromatic heterocycles. The smallest absolute Gasteiger partial charge is 0.353 e. The summed E-state index contributed by atoms with van der Waals surface area (Å²) in [7, 11) is 0. The Morgan fingerprint density at radius 2 is 2.27 bits per heavy atom. The summed E-state index contributed by atoms with van der Waals surface area (Å²) in [6, 6.07) is 3.00. The van der Waals surface area contributed by atoms with Crippen molar-refractivity contribution in [3.63, 3.8) is 0 Å². The molecule has 2 aliphatic heterocycles. The number of thiophene rings is 1. The minimum absolute atomic E-state index is 0.144. The standard InChI is InChI=1S/C13H11ClN2O4S2/c14-7-5-22-12-9(11(18)16(12)10(7)13(19)20)15-8(17)4-6-2-1-3-21-6/h1-3,9,12H,4-5H2,(H,15,17)(H,19,20)/t9-,12+/m1/s1. The summed E-state index contributed by atoms with van der Waals surface area (Å²) in [6.45, 7) is 0. The molecule has 2 aliphatic rings. The average molecular weight is 359 g/mol. The molecule has 1 aromatic rings. The Hall–Kier alpha value is -1.51. The van der Waals surface area contributed by atoms with Gasteiger partial charge in [-0.3, -0.25) is 14.5 Å². The lowest BCUT2D eigenvalue weighted by Gasteiger charge is -2.48. The summed E-state index contributed by atoms with van der Waals surface area (Å²) in [5, 5.41) is 13.4. The molecular formula is C13H11ClN2O4S2. The summed E-state index contributed by atoms with van der Waals surface area (Å²) in [6.07, 6.45) is 0.210. The number of carboxylic acid groups (broad SMARTS) is 1. The molecule has 0 aliphatic carbocycles. The van der Waals surface area contributed by atoms with Gasteiger partial charge in [0.25, 0.3) is 5.91 Å². The van der Waals surface area contributed by atoms with Gasteiger partial charge in [-0.25, -0.2) is 4.79 Å². The van der Waals surface area contributed by atoms with Crippen molar-refractivity contribution in [1.29, 1.82) is 0 Å². The number of β-lactam (4-membered cyclic amide) rings is 1. The van der Waals surface area contributed by atoms with Crippen molar-refractivity contribution < 1.29 is 19.5 Å². The van der Waals surface area contributed by atoms with Crippen LogP contribution in [0, 0.1) is 0 Å². The molecule has 0 aromatic carbocycles. The van der Waals surface area contributed by atoms with Gasteiger partial charge >= 0.3 is 5.97 Å². The largest absolute Gasteiger partial charge is 0.477 e. The van der Waals surface area contributed by atoms with E-state index in [1.807, 2.05) is 17.5 Å². The van der Waals surface area contributed by atoms with Crippen LogP contribution < -0.4 is 5.32 Å². The lowest BCUT2D eigenvalue weighted by molar-refractivity contribution is -0.150. The summed E-state index contributed by atoms with van der Waals surface area (Å²) < 4.78 is 0. The average Bonchev–Trinajstić information content (AvgIpc) is 2.97. The molecule has 1 fully saturated rings. The minimum atomic E-state index is -1.23. The van der Waals surface area contributed by atoms with Gasteiger partial charge in [0.15, 0.2) is 0 Å². The Labute approximate surface area is 139 Å². The minimum Gasteiger partial charge on any atom is -0.477 e. The van der Waals surface area contributed by atoms with Crippen molar-refractivity contribution in [1.82, 2.24) is 10.2 Å². The molecule has 2 atom stereocenters. The van der Waals surface area contributed by atoms with Gasteiger partial charge in [0.2, 0.25) is 5.91 Å². The van der Waals surface area contributed by atoms with Crippen LogP contribution in [0.3, 0.4) is 0 Å². The van der Waals surface area contributed by atoms with Gasteiger partial charge in [-0.15, -0.1) is 23.1 Å². The number of hydrogen-bond donors (Lipinski definition) is 2. The number of nitrogens with one attached hydrogen (secondary N) is 1. The summed E-state index contributed by atoms with van der Waals surface area (Å²) in [4.78, 5) is 37.4. The van der Waals surface area contributed by atoms with E-state index in [0.29, 0.717) is 5.75 Å². The maximum atomic E-state index is 12.1. The van der Waals surface area contributed by atoms with E-state index in [0.717, 1.165) is 9.78 Å². The number of rotatable bonds is 4. The number of carbonyl (C=O) groups excluding carboxylic acids is 2. The molecule has 0 spiro atoms. The molecule has 116 valence electrons. The number of amides is 2. The van der Waals surface area contributed by atoms with Gasteiger partial charge in [0.1, 0.15) is 17.1 Å². The van der Waals surface area contributed by atoms with Crippen molar-refractivity contribution in [2.24, 2.45) is 0 Å². The fourth-order valence-corrected chi connectivity index (χ4v) is 4.63. The lowest BCUT2D eigenvalue weighted by atomic mass is 10.0. The monoisotopic (exact) mass is 358 g/mol. The molecule has 0 saturated carbocycles. The predicted molar refractivity (Wildman–Crippen MR) is 83.6 cm³/mol. The third kappa shape index (κ3) is 2.62. The number of aliphatic carboxylic acids is 1. The second-order valence-corrected chi connectivity index (χ2v) is 7.36. The summed E-state index contributed by atoms with van der Waals surface area (Å²) >= 11 is 8.70. The number of fused-ring (bicyclic) bond motifs is 1. The highest BCUT2D eigenvalue weighted by molar-refractivity contribution is 8.00. The summed E-state index contributed by atoms with van der Waals surface area (Å²) in [5.74, 6) is -1.60. The summed E-state index contributed by atoms with van der Waals surface area (Å²) in [5.41, 5.74) is -0.181. The Morgan fingerprint density at radius 1 is 1.50 bits per heavy atom. The van der Waals surface area contributed by atoms with E-state index >= 15 is 0 Å². The first-order valence-electron chi connectivity index (χ1n) is 6.37. The topological polar surface area (TPSA) is 86.7 Å². The molecule has 3 rings (SSSR count). The molecule has 1 saturated heterocycles. The number of thioether (sulfide) groups is 1. The third-order valence-corrected chi connectivity index (χ3v) is 5.98. The highest BCUT2D eigenvalue weighted by Gasteiger charge is 2.54. The van der Waals surface area contributed by atoms with Crippen LogP contribution in [0.2, 0.25) is 0 Å². The van der Waals surface area contributed by atoms with E-state index in [1.165, 1.54) is 23.1 Å². The lowest BCUT2D eigenvalue weighted by Crippen LogP contribution is -2.70. The molecule has 6 nitrogen and oxygen atoms in total. The van der Waals surface area contributed by atoms with Crippen molar-refractivity contribution in [2.45, 2.75) is 17.8 Å². The van der Waals surface area contributed by atoms with Crippen LogP contribution in [0.1, 0.15) is 4.88 Å². The normalized spacial score (nSPS) is 23.9. The second-order valence-electron chi connectivity index (χ2n) is 4.77. The fourth-order valence-electron chi connectivity index (χ4n) is 2.38. The van der Waals surface area contributed by atoms with Gasteiger partial charge in [0, 0.05) is 10.6 Å². The van der Waals surface area contributed by atoms with Crippen LogP contribution in [0.15, 0.2) is 28.2 Å². The molecule has 9 heteroatoms. The Balaban J connectivity index is 1.68. The van der Waals surface area contributed by atoms with Gasteiger partial charge in [-0.05, 0) is 11.4 Å². The van der Waals surface area contributed by atoms with E-state index in [2.05, 4.69) is 5.32 Å². The van der Waals surface area contributed by atoms with Crippen LogP contribution in [0.5, 0.6) is 0 Å². The SMILES string of the molecule is O=C(Cc1cccs1)N[C@@H]1C(=O)N2C(C(=O)O)=C(Cl)CS[C@@H]12. The van der Waals surface area contributed by atoms with E-state index < -0.39 is 23.3 Å². The molecular weight excluding hydrogens is 348 g/mol. The Morgan fingerprint density at radius 3 is 2.91 bits per heavy atom. The fraction of sp³-hybridized carbons (Fsp3) is 0.308. The van der Waals surface area contributed by atoms with E-state index in [9.17, 15) is 14.4 Å². The van der Waals surface area contributed by atoms with Crippen LogP contribution in [0.25, 0.3) is 0 Å². The zero-order valence-electron chi connectivity index (χ0n) is 11.1. The molecule has 2 amide bonds. The van der Waals surface area contributed by atoms with Gasteiger partial charge in [0.05, 0.1) is 11.5 Å². The first-order valence-corrected chi connectivity index (χ1v) is 8.68.